The average Bonchev–Trinajstić information content (AvgIpc) is 2.64. The van der Waals surface area contributed by atoms with Gasteiger partial charge in [-0.1, -0.05) is 0 Å². The molecule has 1 amide bonds. The number of thiophene rings is 1. The van der Waals surface area contributed by atoms with Crippen LogP contribution in [0.1, 0.15) is 33.3 Å². The van der Waals surface area contributed by atoms with Gasteiger partial charge in [-0.3, -0.25) is 4.79 Å². The van der Waals surface area contributed by atoms with Crippen LogP contribution in [0, 0.1) is 0 Å². The van der Waals surface area contributed by atoms with Crippen LogP contribution in [0.2, 0.25) is 0 Å². The number of hydrogen-bond donors (Lipinski definition) is 2. The molecule has 17 heavy (non-hydrogen) atoms. The molecule has 0 saturated heterocycles. The van der Waals surface area contributed by atoms with E-state index in [1.807, 2.05) is 20.8 Å². The van der Waals surface area contributed by atoms with Gasteiger partial charge in [0.05, 0.1) is 6.54 Å². The maximum Gasteiger partial charge on any atom is 0.234 e. The highest BCUT2D eigenvalue weighted by Crippen LogP contribution is 2.08. The second-order valence-electron chi connectivity index (χ2n) is 5.42. The third-order valence-corrected chi connectivity index (χ3v) is 2.98. The zero-order chi connectivity index (χ0) is 12.9. The SMILES string of the molecule is CC(Cc1ccsc1)NCC(=O)NC(C)(C)C. The minimum absolute atomic E-state index is 0.0506. The van der Waals surface area contributed by atoms with Crippen LogP contribution in [0.3, 0.4) is 0 Å². The monoisotopic (exact) mass is 254 g/mol. The molecule has 0 bridgehead atoms. The summed E-state index contributed by atoms with van der Waals surface area (Å²) in [4.78, 5) is 11.6. The number of amides is 1. The lowest BCUT2D eigenvalue weighted by molar-refractivity contribution is -0.121. The number of rotatable bonds is 5. The van der Waals surface area contributed by atoms with Crippen molar-refractivity contribution in [3.63, 3.8) is 0 Å². The fourth-order valence-electron chi connectivity index (χ4n) is 1.56. The minimum atomic E-state index is -0.157. The zero-order valence-corrected chi connectivity index (χ0v) is 11.9. The van der Waals surface area contributed by atoms with E-state index in [4.69, 9.17) is 0 Å². The van der Waals surface area contributed by atoms with E-state index in [2.05, 4.69) is 34.4 Å². The maximum atomic E-state index is 11.6. The van der Waals surface area contributed by atoms with Crippen LogP contribution in [0.4, 0.5) is 0 Å². The Labute approximate surface area is 108 Å². The summed E-state index contributed by atoms with van der Waals surface area (Å²) in [6.45, 7) is 8.43. The van der Waals surface area contributed by atoms with E-state index in [1.54, 1.807) is 11.3 Å². The third-order valence-electron chi connectivity index (χ3n) is 2.25. The van der Waals surface area contributed by atoms with Crippen molar-refractivity contribution in [3.8, 4) is 0 Å². The van der Waals surface area contributed by atoms with E-state index in [0.29, 0.717) is 12.6 Å². The molecule has 1 atom stereocenters. The van der Waals surface area contributed by atoms with Gasteiger partial charge < -0.3 is 10.6 Å². The Kier molecular flexibility index (Phi) is 5.15. The van der Waals surface area contributed by atoms with Gasteiger partial charge >= 0.3 is 0 Å². The van der Waals surface area contributed by atoms with E-state index in [9.17, 15) is 4.79 Å². The Hall–Kier alpha value is -0.870. The van der Waals surface area contributed by atoms with Crippen molar-refractivity contribution in [2.45, 2.75) is 45.7 Å². The van der Waals surface area contributed by atoms with E-state index >= 15 is 0 Å². The summed E-state index contributed by atoms with van der Waals surface area (Å²) in [5.41, 5.74) is 1.17. The smallest absolute Gasteiger partial charge is 0.234 e. The van der Waals surface area contributed by atoms with Crippen molar-refractivity contribution in [3.05, 3.63) is 22.4 Å². The molecule has 0 spiro atoms. The standard InChI is InChI=1S/C13H22N2OS/c1-10(7-11-5-6-17-9-11)14-8-12(16)15-13(2,3)4/h5-6,9-10,14H,7-8H2,1-4H3,(H,15,16). The molecule has 1 aromatic rings. The molecule has 0 fully saturated rings. The first-order valence-corrected chi connectivity index (χ1v) is 6.86. The summed E-state index contributed by atoms with van der Waals surface area (Å²) in [5, 5.41) is 10.4. The molecule has 1 aromatic heterocycles. The number of hydrogen-bond acceptors (Lipinski definition) is 3. The quantitative estimate of drug-likeness (QED) is 0.845. The number of nitrogens with one attached hydrogen (secondary N) is 2. The van der Waals surface area contributed by atoms with Crippen LogP contribution in [0.25, 0.3) is 0 Å². The highest BCUT2D eigenvalue weighted by Gasteiger charge is 2.14. The van der Waals surface area contributed by atoms with Gasteiger partial charge in [-0.15, -0.1) is 0 Å². The molecule has 0 aromatic carbocycles. The molecule has 1 rings (SSSR count). The van der Waals surface area contributed by atoms with Crippen LogP contribution >= 0.6 is 11.3 Å². The van der Waals surface area contributed by atoms with Gasteiger partial charge in [-0.25, -0.2) is 0 Å². The molecular weight excluding hydrogens is 232 g/mol. The van der Waals surface area contributed by atoms with Crippen molar-refractivity contribution in [1.82, 2.24) is 10.6 Å². The predicted molar refractivity (Wildman–Crippen MR) is 73.4 cm³/mol. The molecule has 0 aliphatic heterocycles. The fraction of sp³-hybridized carbons (Fsp3) is 0.615. The summed E-state index contributed by atoms with van der Waals surface area (Å²) < 4.78 is 0. The van der Waals surface area contributed by atoms with Gasteiger partial charge in [0.25, 0.3) is 0 Å². The van der Waals surface area contributed by atoms with Crippen molar-refractivity contribution in [2.24, 2.45) is 0 Å². The lowest BCUT2D eigenvalue weighted by Gasteiger charge is -2.21. The van der Waals surface area contributed by atoms with Gasteiger partial charge in [0.15, 0.2) is 0 Å². The van der Waals surface area contributed by atoms with E-state index < -0.39 is 0 Å². The number of carbonyl (C=O) groups excluding carboxylic acids is 1. The van der Waals surface area contributed by atoms with Crippen molar-refractivity contribution < 1.29 is 4.79 Å². The van der Waals surface area contributed by atoms with Crippen LogP contribution in [0.15, 0.2) is 16.8 Å². The lowest BCUT2D eigenvalue weighted by Crippen LogP contribution is -2.46. The summed E-state index contributed by atoms with van der Waals surface area (Å²) >= 11 is 1.71. The highest BCUT2D eigenvalue weighted by atomic mass is 32.1. The molecular formula is C13H22N2OS. The minimum Gasteiger partial charge on any atom is -0.350 e. The van der Waals surface area contributed by atoms with E-state index in [0.717, 1.165) is 6.42 Å². The molecule has 3 nitrogen and oxygen atoms in total. The second kappa shape index (κ2) is 6.17. The summed E-state index contributed by atoms with van der Waals surface area (Å²) in [6.07, 6.45) is 0.965. The van der Waals surface area contributed by atoms with Gasteiger partial charge in [-0.05, 0) is 56.5 Å². The second-order valence-corrected chi connectivity index (χ2v) is 6.20. The summed E-state index contributed by atoms with van der Waals surface area (Å²) in [7, 11) is 0. The van der Waals surface area contributed by atoms with Crippen LogP contribution in [0.5, 0.6) is 0 Å². The molecule has 0 aliphatic rings. The molecule has 4 heteroatoms. The Morgan fingerprint density at radius 2 is 2.18 bits per heavy atom. The van der Waals surface area contributed by atoms with Crippen LogP contribution in [-0.4, -0.2) is 24.0 Å². The molecule has 0 radical (unpaired) electrons. The Morgan fingerprint density at radius 3 is 2.71 bits per heavy atom. The van der Waals surface area contributed by atoms with E-state index in [-0.39, 0.29) is 11.4 Å². The molecule has 0 saturated carbocycles. The Morgan fingerprint density at radius 1 is 1.47 bits per heavy atom. The van der Waals surface area contributed by atoms with E-state index in [1.165, 1.54) is 5.56 Å². The average molecular weight is 254 g/mol. The largest absolute Gasteiger partial charge is 0.350 e. The zero-order valence-electron chi connectivity index (χ0n) is 11.0. The number of carbonyl (C=O) groups is 1. The van der Waals surface area contributed by atoms with Crippen molar-refractivity contribution in [1.29, 1.82) is 0 Å². The summed E-state index contributed by atoms with van der Waals surface area (Å²) in [5.74, 6) is 0.0506. The van der Waals surface area contributed by atoms with Gasteiger partial charge in [0, 0.05) is 11.6 Å². The first kappa shape index (κ1) is 14.2. The third kappa shape index (κ3) is 6.44. The predicted octanol–water partition coefficient (Wildman–Crippen LogP) is 2.18. The van der Waals surface area contributed by atoms with Crippen molar-refractivity contribution >= 4 is 17.2 Å². The topological polar surface area (TPSA) is 41.1 Å². The Balaban J connectivity index is 2.24. The first-order chi connectivity index (χ1) is 7.87. The first-order valence-electron chi connectivity index (χ1n) is 5.92. The van der Waals surface area contributed by atoms with Crippen LogP contribution in [-0.2, 0) is 11.2 Å². The molecule has 2 N–H and O–H groups in total. The highest BCUT2D eigenvalue weighted by molar-refractivity contribution is 7.07. The molecule has 1 unspecified atom stereocenters. The summed E-state index contributed by atoms with van der Waals surface area (Å²) in [6, 6.07) is 2.44. The fourth-order valence-corrected chi connectivity index (χ4v) is 2.25. The molecule has 96 valence electrons. The normalized spacial score (nSPS) is 13.4. The maximum absolute atomic E-state index is 11.6. The van der Waals surface area contributed by atoms with Gasteiger partial charge in [0.2, 0.25) is 5.91 Å². The molecule has 1 heterocycles. The lowest BCUT2D eigenvalue weighted by atomic mass is 10.1. The van der Waals surface area contributed by atoms with Gasteiger partial charge in [0.1, 0.15) is 0 Å². The molecule has 0 aliphatic carbocycles. The van der Waals surface area contributed by atoms with Gasteiger partial charge in [-0.2, -0.15) is 11.3 Å². The van der Waals surface area contributed by atoms with Crippen LogP contribution < -0.4 is 10.6 Å². The van der Waals surface area contributed by atoms with Crippen molar-refractivity contribution in [2.75, 3.05) is 6.54 Å². The Bertz CT molecular complexity index is 341.